The first-order valence-electron chi connectivity index (χ1n) is 9.12. The molecule has 1 unspecified atom stereocenters. The Labute approximate surface area is 164 Å². The van der Waals surface area contributed by atoms with Crippen molar-refractivity contribution in [2.75, 3.05) is 24.6 Å². The molecule has 2 aromatic carbocycles. The van der Waals surface area contributed by atoms with Crippen LogP contribution in [0.5, 0.6) is 5.75 Å². The van der Waals surface area contributed by atoms with Crippen LogP contribution in [0.2, 0.25) is 5.02 Å². The lowest BCUT2D eigenvalue weighted by Crippen LogP contribution is -2.34. The number of nitrogens with zero attached hydrogens (tertiary/aromatic N) is 1. The van der Waals surface area contributed by atoms with E-state index in [1.165, 1.54) is 0 Å². The van der Waals surface area contributed by atoms with E-state index in [-0.39, 0.29) is 24.2 Å². The maximum atomic E-state index is 12.4. The molecular weight excluding hydrogens is 364 g/mol. The highest BCUT2D eigenvalue weighted by Gasteiger charge is 2.34. The molecule has 0 bridgehead atoms. The van der Waals surface area contributed by atoms with Crippen LogP contribution < -0.4 is 15.0 Å². The normalized spacial score (nSPS) is 16.4. The van der Waals surface area contributed by atoms with Crippen LogP contribution in [-0.2, 0) is 16.0 Å². The Bertz CT molecular complexity index is 790. The van der Waals surface area contributed by atoms with E-state index in [2.05, 4.69) is 5.32 Å². The predicted molar refractivity (Wildman–Crippen MR) is 106 cm³/mol. The lowest BCUT2D eigenvalue weighted by Gasteiger charge is -2.17. The third kappa shape index (κ3) is 5.01. The fraction of sp³-hybridized carbons (Fsp3) is 0.333. The molecule has 1 aliphatic heterocycles. The van der Waals surface area contributed by atoms with Gasteiger partial charge in [0.1, 0.15) is 5.75 Å². The van der Waals surface area contributed by atoms with E-state index in [1.54, 1.807) is 4.90 Å². The molecule has 0 saturated carbocycles. The maximum Gasteiger partial charge on any atom is 0.227 e. The van der Waals surface area contributed by atoms with Gasteiger partial charge in [0.25, 0.3) is 0 Å². The van der Waals surface area contributed by atoms with Crippen molar-refractivity contribution in [3.63, 3.8) is 0 Å². The molecule has 2 amide bonds. The highest BCUT2D eigenvalue weighted by molar-refractivity contribution is 6.30. The fourth-order valence-electron chi connectivity index (χ4n) is 3.15. The average molecular weight is 387 g/mol. The Balaban J connectivity index is 1.51. The van der Waals surface area contributed by atoms with Gasteiger partial charge in [-0.25, -0.2) is 0 Å². The number of hydrogen-bond acceptors (Lipinski definition) is 3. The Morgan fingerprint density at radius 2 is 1.89 bits per heavy atom. The fourth-order valence-corrected chi connectivity index (χ4v) is 3.27. The monoisotopic (exact) mass is 386 g/mol. The van der Waals surface area contributed by atoms with E-state index in [0.717, 1.165) is 23.4 Å². The van der Waals surface area contributed by atoms with Crippen molar-refractivity contribution in [2.24, 2.45) is 5.92 Å². The lowest BCUT2D eigenvalue weighted by molar-refractivity contribution is -0.126. The molecule has 1 N–H and O–H groups in total. The van der Waals surface area contributed by atoms with Crippen LogP contribution in [-0.4, -0.2) is 31.5 Å². The summed E-state index contributed by atoms with van der Waals surface area (Å²) in [4.78, 5) is 26.4. The first-order valence-corrected chi connectivity index (χ1v) is 9.50. The number of anilines is 1. The molecular formula is C21H23ClN2O3. The summed E-state index contributed by atoms with van der Waals surface area (Å²) in [5.41, 5.74) is 1.90. The van der Waals surface area contributed by atoms with Crippen LogP contribution in [0, 0.1) is 5.92 Å². The third-order valence-electron chi connectivity index (χ3n) is 4.58. The summed E-state index contributed by atoms with van der Waals surface area (Å²) in [5.74, 6) is 0.335. The number of halogens is 1. The average Bonchev–Trinajstić information content (AvgIpc) is 3.06. The van der Waals surface area contributed by atoms with Crippen molar-refractivity contribution in [3.05, 3.63) is 59.1 Å². The highest BCUT2D eigenvalue weighted by atomic mass is 35.5. The van der Waals surface area contributed by atoms with Crippen LogP contribution >= 0.6 is 11.6 Å². The first kappa shape index (κ1) is 19.2. The molecule has 1 saturated heterocycles. The standard InChI is InChI=1S/C21H23ClN2O3/c1-2-27-19-9-7-18(8-10-19)24-14-16(13-20(24)25)21(26)23-12-11-15-3-5-17(22)6-4-15/h3-10,16H,2,11-14H2,1H3,(H,23,26). The van der Waals surface area contributed by atoms with Gasteiger partial charge in [-0.05, 0) is 55.3 Å². The Morgan fingerprint density at radius 1 is 1.19 bits per heavy atom. The number of amides is 2. The summed E-state index contributed by atoms with van der Waals surface area (Å²) in [5, 5.41) is 3.63. The summed E-state index contributed by atoms with van der Waals surface area (Å²) in [6.07, 6.45) is 0.964. The molecule has 1 fully saturated rings. The van der Waals surface area contributed by atoms with Gasteiger partial charge in [0.05, 0.1) is 12.5 Å². The number of carbonyl (C=O) groups excluding carboxylic acids is 2. The van der Waals surface area contributed by atoms with E-state index >= 15 is 0 Å². The quantitative estimate of drug-likeness (QED) is 0.792. The maximum absolute atomic E-state index is 12.4. The van der Waals surface area contributed by atoms with Gasteiger partial charge in [-0.15, -0.1) is 0 Å². The summed E-state index contributed by atoms with van der Waals surface area (Å²) < 4.78 is 5.42. The SMILES string of the molecule is CCOc1ccc(N2CC(C(=O)NCCc3ccc(Cl)cc3)CC2=O)cc1. The van der Waals surface area contributed by atoms with Crippen molar-refractivity contribution in [1.29, 1.82) is 0 Å². The molecule has 5 nitrogen and oxygen atoms in total. The van der Waals surface area contributed by atoms with Crippen molar-refractivity contribution >= 4 is 29.1 Å². The number of hydrogen-bond donors (Lipinski definition) is 1. The van der Waals surface area contributed by atoms with E-state index < -0.39 is 0 Å². The van der Waals surface area contributed by atoms with E-state index in [0.29, 0.717) is 24.7 Å². The minimum Gasteiger partial charge on any atom is -0.494 e. The number of benzene rings is 2. The molecule has 1 atom stereocenters. The molecule has 142 valence electrons. The molecule has 0 aromatic heterocycles. The molecule has 0 radical (unpaired) electrons. The summed E-state index contributed by atoms with van der Waals surface area (Å²) >= 11 is 5.87. The van der Waals surface area contributed by atoms with Crippen LogP contribution in [0.1, 0.15) is 18.9 Å². The van der Waals surface area contributed by atoms with Gasteiger partial charge in [-0.3, -0.25) is 9.59 Å². The van der Waals surface area contributed by atoms with E-state index in [9.17, 15) is 9.59 Å². The van der Waals surface area contributed by atoms with Gasteiger partial charge in [0, 0.05) is 30.2 Å². The van der Waals surface area contributed by atoms with Gasteiger partial charge in [0.15, 0.2) is 0 Å². The summed E-state index contributed by atoms with van der Waals surface area (Å²) in [6.45, 7) is 3.46. The zero-order valence-corrected chi connectivity index (χ0v) is 16.0. The molecule has 2 aromatic rings. The van der Waals surface area contributed by atoms with Gasteiger partial charge in [-0.1, -0.05) is 23.7 Å². The largest absolute Gasteiger partial charge is 0.494 e. The Morgan fingerprint density at radius 3 is 2.56 bits per heavy atom. The molecule has 0 aliphatic carbocycles. The van der Waals surface area contributed by atoms with Crippen LogP contribution in [0.3, 0.4) is 0 Å². The second kappa shape index (κ2) is 8.91. The van der Waals surface area contributed by atoms with E-state index in [1.807, 2.05) is 55.5 Å². The minimum atomic E-state index is -0.325. The molecule has 27 heavy (non-hydrogen) atoms. The van der Waals surface area contributed by atoms with Crippen molar-refractivity contribution < 1.29 is 14.3 Å². The predicted octanol–water partition coefficient (Wildman–Crippen LogP) is 3.45. The highest BCUT2D eigenvalue weighted by Crippen LogP contribution is 2.27. The molecule has 6 heteroatoms. The molecule has 3 rings (SSSR count). The second-order valence-corrected chi connectivity index (χ2v) is 6.94. The van der Waals surface area contributed by atoms with E-state index in [4.69, 9.17) is 16.3 Å². The van der Waals surface area contributed by atoms with Crippen LogP contribution in [0.15, 0.2) is 48.5 Å². The number of nitrogens with one attached hydrogen (secondary N) is 1. The minimum absolute atomic E-state index is 0.0305. The van der Waals surface area contributed by atoms with Gasteiger partial charge in [0.2, 0.25) is 11.8 Å². The smallest absolute Gasteiger partial charge is 0.227 e. The topological polar surface area (TPSA) is 58.6 Å². The van der Waals surface area contributed by atoms with Gasteiger partial charge < -0.3 is 15.0 Å². The zero-order chi connectivity index (χ0) is 19.2. The molecule has 0 spiro atoms. The number of carbonyl (C=O) groups is 2. The lowest BCUT2D eigenvalue weighted by atomic mass is 10.1. The zero-order valence-electron chi connectivity index (χ0n) is 15.3. The first-order chi connectivity index (χ1) is 13.1. The van der Waals surface area contributed by atoms with Gasteiger partial charge in [-0.2, -0.15) is 0 Å². The second-order valence-electron chi connectivity index (χ2n) is 6.50. The Hall–Kier alpha value is -2.53. The van der Waals surface area contributed by atoms with Crippen LogP contribution in [0.4, 0.5) is 5.69 Å². The summed E-state index contributed by atoms with van der Waals surface area (Å²) in [7, 11) is 0. The number of ether oxygens (including phenoxy) is 1. The van der Waals surface area contributed by atoms with Crippen LogP contribution in [0.25, 0.3) is 0 Å². The number of rotatable bonds is 7. The molecule has 1 aliphatic rings. The third-order valence-corrected chi connectivity index (χ3v) is 4.83. The van der Waals surface area contributed by atoms with Crippen molar-refractivity contribution in [2.45, 2.75) is 19.8 Å². The van der Waals surface area contributed by atoms with Crippen molar-refractivity contribution in [3.8, 4) is 5.75 Å². The van der Waals surface area contributed by atoms with Gasteiger partial charge >= 0.3 is 0 Å². The summed E-state index contributed by atoms with van der Waals surface area (Å²) in [6, 6.07) is 14.9. The molecule has 1 heterocycles. The Kier molecular flexibility index (Phi) is 6.35. The van der Waals surface area contributed by atoms with Crippen molar-refractivity contribution in [1.82, 2.24) is 5.32 Å².